The minimum absolute atomic E-state index is 0.392. The molecule has 0 heterocycles. The van der Waals surface area contributed by atoms with E-state index in [-0.39, 0.29) is 0 Å². The van der Waals surface area contributed by atoms with E-state index in [2.05, 4.69) is 128 Å². The van der Waals surface area contributed by atoms with Crippen LogP contribution in [0.2, 0.25) is 6.04 Å². The van der Waals surface area contributed by atoms with Gasteiger partial charge in [-0.2, -0.15) is 0 Å². The molecule has 4 aromatic carbocycles. The second-order valence-corrected chi connectivity index (χ2v) is 13.4. The standard InChI is InChI=1S/C32H28Si/c1-3-21-33(22-4-2,31-27-17-9-5-13-23(27)24-14-6-10-18-28(24)31)32-29-19-11-7-15-25(29)26-16-8-12-20-30(26)32/h3-20,22,31-32H,1,21H2,2H3. The molecule has 6 rings (SSSR count). The van der Waals surface area contributed by atoms with Crippen LogP contribution in [0.5, 0.6) is 0 Å². The lowest BCUT2D eigenvalue weighted by atomic mass is 10.1. The third kappa shape index (κ3) is 2.82. The summed E-state index contributed by atoms with van der Waals surface area (Å²) in [6.45, 7) is 6.49. The zero-order chi connectivity index (χ0) is 22.4. The first kappa shape index (κ1) is 20.2. The highest BCUT2D eigenvalue weighted by atomic mass is 28.3. The Kier molecular flexibility index (Phi) is 4.81. The summed E-state index contributed by atoms with van der Waals surface area (Å²) >= 11 is 0. The number of benzene rings is 4. The van der Waals surface area contributed by atoms with Gasteiger partial charge in [0.25, 0.3) is 0 Å². The monoisotopic (exact) mass is 440 g/mol. The van der Waals surface area contributed by atoms with Gasteiger partial charge < -0.3 is 0 Å². The fourth-order valence-electron chi connectivity index (χ4n) is 6.69. The molecule has 2 aliphatic carbocycles. The number of rotatable bonds is 5. The molecule has 0 saturated heterocycles. The van der Waals surface area contributed by atoms with Gasteiger partial charge in [-0.25, -0.2) is 0 Å². The van der Waals surface area contributed by atoms with E-state index in [9.17, 15) is 0 Å². The van der Waals surface area contributed by atoms with Gasteiger partial charge in [-0.1, -0.05) is 115 Å². The Balaban J connectivity index is 1.70. The van der Waals surface area contributed by atoms with E-state index in [0.29, 0.717) is 11.1 Å². The van der Waals surface area contributed by atoms with Crippen LogP contribution in [-0.4, -0.2) is 8.07 Å². The Bertz CT molecular complexity index is 1210. The number of fused-ring (bicyclic) bond motifs is 6. The van der Waals surface area contributed by atoms with Crippen molar-refractivity contribution >= 4 is 8.07 Å². The third-order valence-electron chi connectivity index (χ3n) is 7.72. The third-order valence-corrected chi connectivity index (χ3v) is 13.1. The maximum Gasteiger partial charge on any atom is 0.105 e. The molecule has 0 amide bonds. The van der Waals surface area contributed by atoms with Crippen molar-refractivity contribution in [3.05, 3.63) is 144 Å². The van der Waals surface area contributed by atoms with Gasteiger partial charge in [-0.05, 0) is 57.5 Å². The molecule has 1 heteroatoms. The summed E-state index contributed by atoms with van der Waals surface area (Å²) in [4.78, 5) is 0. The SMILES string of the molecule is C=CC[Si](C=CC)(C1c2ccccc2-c2ccccc21)C1c2ccccc2-c2ccccc21. The first-order chi connectivity index (χ1) is 16.3. The molecule has 0 aromatic heterocycles. The molecule has 0 aliphatic heterocycles. The summed E-state index contributed by atoms with van der Waals surface area (Å²) in [7, 11) is -2.23. The van der Waals surface area contributed by atoms with Crippen LogP contribution in [0.4, 0.5) is 0 Å². The topological polar surface area (TPSA) is 0 Å². The molecule has 0 nitrogen and oxygen atoms in total. The highest BCUT2D eigenvalue weighted by Gasteiger charge is 2.52. The molecule has 2 aliphatic rings. The quantitative estimate of drug-likeness (QED) is 0.216. The average molecular weight is 441 g/mol. The van der Waals surface area contributed by atoms with E-state index >= 15 is 0 Å². The van der Waals surface area contributed by atoms with Gasteiger partial charge in [0.15, 0.2) is 0 Å². The van der Waals surface area contributed by atoms with Crippen molar-refractivity contribution in [3.63, 3.8) is 0 Å². The van der Waals surface area contributed by atoms with Crippen LogP contribution in [-0.2, 0) is 0 Å². The lowest BCUT2D eigenvalue weighted by Gasteiger charge is -2.41. The smallest absolute Gasteiger partial charge is 0.103 e. The maximum absolute atomic E-state index is 4.30. The molecule has 160 valence electrons. The van der Waals surface area contributed by atoms with Crippen molar-refractivity contribution in [2.24, 2.45) is 0 Å². The molecular formula is C32H28Si. The lowest BCUT2D eigenvalue weighted by Crippen LogP contribution is -2.46. The van der Waals surface area contributed by atoms with Crippen LogP contribution in [0.1, 0.15) is 40.3 Å². The zero-order valence-corrected chi connectivity index (χ0v) is 20.0. The molecule has 0 radical (unpaired) electrons. The van der Waals surface area contributed by atoms with Crippen LogP contribution in [0.15, 0.2) is 121 Å². The summed E-state index contributed by atoms with van der Waals surface area (Å²) in [5.74, 6) is 0. The highest BCUT2D eigenvalue weighted by molar-refractivity contribution is 6.89. The zero-order valence-electron chi connectivity index (χ0n) is 19.0. The number of hydrogen-bond donors (Lipinski definition) is 0. The van der Waals surface area contributed by atoms with Crippen molar-refractivity contribution in [2.45, 2.75) is 24.1 Å². The Morgan fingerprint density at radius 1 is 0.606 bits per heavy atom. The normalized spacial score (nSPS) is 14.7. The van der Waals surface area contributed by atoms with Crippen LogP contribution in [0, 0.1) is 0 Å². The molecule has 33 heavy (non-hydrogen) atoms. The first-order valence-electron chi connectivity index (χ1n) is 11.9. The van der Waals surface area contributed by atoms with Gasteiger partial charge >= 0.3 is 0 Å². The largest absolute Gasteiger partial charge is 0.105 e. The number of allylic oxidation sites excluding steroid dienone is 2. The van der Waals surface area contributed by atoms with Crippen LogP contribution in [0.25, 0.3) is 22.3 Å². The molecule has 0 bridgehead atoms. The maximum atomic E-state index is 4.30. The fourth-order valence-corrected chi connectivity index (χ4v) is 12.5. The molecule has 0 atom stereocenters. The second-order valence-electron chi connectivity index (χ2n) is 9.32. The summed E-state index contributed by atoms with van der Waals surface area (Å²) in [6.07, 6.45) is 4.52. The van der Waals surface area contributed by atoms with E-state index in [4.69, 9.17) is 0 Å². The minimum Gasteiger partial charge on any atom is -0.103 e. The van der Waals surface area contributed by atoms with Crippen molar-refractivity contribution in [2.75, 3.05) is 0 Å². The molecule has 0 unspecified atom stereocenters. The predicted octanol–water partition coefficient (Wildman–Crippen LogP) is 8.44. The first-order valence-corrected chi connectivity index (χ1v) is 14.4. The predicted molar refractivity (Wildman–Crippen MR) is 143 cm³/mol. The van der Waals surface area contributed by atoms with Gasteiger partial charge in [0.1, 0.15) is 8.07 Å². The highest BCUT2D eigenvalue weighted by Crippen LogP contribution is 2.59. The minimum atomic E-state index is -2.23. The molecule has 0 fully saturated rings. The number of hydrogen-bond acceptors (Lipinski definition) is 0. The van der Waals surface area contributed by atoms with Gasteiger partial charge in [0.2, 0.25) is 0 Å². The lowest BCUT2D eigenvalue weighted by molar-refractivity contribution is 1.00. The van der Waals surface area contributed by atoms with Gasteiger partial charge in [0.05, 0.1) is 0 Å². The average Bonchev–Trinajstić information content (AvgIpc) is 3.38. The van der Waals surface area contributed by atoms with Crippen molar-refractivity contribution in [3.8, 4) is 22.3 Å². The summed E-state index contributed by atoms with van der Waals surface area (Å²) in [6, 6.07) is 37.4. The Morgan fingerprint density at radius 2 is 0.939 bits per heavy atom. The molecule has 0 spiro atoms. The van der Waals surface area contributed by atoms with E-state index < -0.39 is 8.07 Å². The summed E-state index contributed by atoms with van der Waals surface area (Å²) < 4.78 is 0. The molecule has 0 saturated carbocycles. The van der Waals surface area contributed by atoms with Crippen molar-refractivity contribution < 1.29 is 0 Å². The summed E-state index contributed by atoms with van der Waals surface area (Å²) in [5.41, 5.74) is 15.0. The van der Waals surface area contributed by atoms with E-state index in [1.165, 1.54) is 44.5 Å². The van der Waals surface area contributed by atoms with E-state index in [1.807, 2.05) is 0 Å². The van der Waals surface area contributed by atoms with Crippen molar-refractivity contribution in [1.29, 1.82) is 0 Å². The van der Waals surface area contributed by atoms with Crippen LogP contribution < -0.4 is 0 Å². The summed E-state index contributed by atoms with van der Waals surface area (Å²) in [5, 5.41) is 0. The van der Waals surface area contributed by atoms with Gasteiger partial charge in [-0.3, -0.25) is 0 Å². The molecular weight excluding hydrogens is 412 g/mol. The van der Waals surface area contributed by atoms with Crippen molar-refractivity contribution in [1.82, 2.24) is 0 Å². The van der Waals surface area contributed by atoms with Gasteiger partial charge in [0, 0.05) is 11.1 Å². The van der Waals surface area contributed by atoms with Crippen LogP contribution >= 0.6 is 0 Å². The van der Waals surface area contributed by atoms with E-state index in [1.54, 1.807) is 0 Å². The van der Waals surface area contributed by atoms with Gasteiger partial charge in [-0.15, -0.1) is 6.58 Å². The van der Waals surface area contributed by atoms with Crippen LogP contribution in [0.3, 0.4) is 0 Å². The van der Waals surface area contributed by atoms with E-state index in [0.717, 1.165) is 6.04 Å². The molecule has 0 N–H and O–H groups in total. The Labute approximate surface area is 198 Å². The molecule has 4 aromatic rings. The Morgan fingerprint density at radius 3 is 1.24 bits per heavy atom. The Hall–Kier alpha value is -3.42. The second kappa shape index (κ2) is 7.86. The fraction of sp³-hybridized carbons (Fsp3) is 0.125.